The van der Waals surface area contributed by atoms with E-state index in [1.54, 1.807) is 12.3 Å². The first-order chi connectivity index (χ1) is 7.75. The fraction of sp³-hybridized carbons (Fsp3) is 0.0769. The van der Waals surface area contributed by atoms with Crippen LogP contribution in [0.3, 0.4) is 0 Å². The molecule has 0 bridgehead atoms. The molecule has 4 heteroatoms. The lowest BCUT2D eigenvalue weighted by molar-refractivity contribution is -0.688. The first kappa shape index (κ1) is 13.4. The van der Waals surface area contributed by atoms with Crippen molar-refractivity contribution in [3.8, 4) is 0 Å². The van der Waals surface area contributed by atoms with Gasteiger partial charge < -0.3 is 22.7 Å². The Morgan fingerprint density at radius 1 is 1.12 bits per heavy atom. The topological polar surface area (TPSA) is 47.0 Å². The zero-order valence-corrected chi connectivity index (χ0v) is 10.8. The molecule has 2 N–H and O–H groups in total. The number of nitrogens with two attached hydrogens (primary N) is 1. The van der Waals surface area contributed by atoms with E-state index in [1.165, 1.54) is 5.56 Å². The maximum absolute atomic E-state index is 11.0. The van der Waals surface area contributed by atoms with Gasteiger partial charge in [0.05, 0.1) is 0 Å². The maximum Gasteiger partial charge on any atom is 0.254 e. The zero-order valence-electron chi connectivity index (χ0n) is 9.21. The second-order valence-electron chi connectivity index (χ2n) is 3.61. The van der Waals surface area contributed by atoms with E-state index in [0.29, 0.717) is 5.56 Å². The van der Waals surface area contributed by atoms with Gasteiger partial charge in [0, 0.05) is 11.6 Å². The van der Waals surface area contributed by atoms with Gasteiger partial charge in [0.15, 0.2) is 18.9 Å². The van der Waals surface area contributed by atoms with E-state index in [4.69, 9.17) is 5.73 Å². The largest absolute Gasteiger partial charge is 1.00 e. The first-order valence-corrected chi connectivity index (χ1v) is 5.08. The number of nitrogens with zero attached hydrogens (tertiary/aromatic N) is 1. The summed E-state index contributed by atoms with van der Waals surface area (Å²) >= 11 is 0. The Bertz CT molecular complexity index is 500. The Morgan fingerprint density at radius 3 is 2.47 bits per heavy atom. The smallest absolute Gasteiger partial charge is 0.254 e. The van der Waals surface area contributed by atoms with Crippen LogP contribution in [-0.2, 0) is 6.54 Å². The highest BCUT2D eigenvalue weighted by Crippen LogP contribution is 1.98. The molecule has 2 rings (SSSR count). The molecule has 0 saturated carbocycles. The fourth-order valence-electron chi connectivity index (χ4n) is 1.56. The maximum atomic E-state index is 11.0. The fourth-order valence-corrected chi connectivity index (χ4v) is 1.56. The number of pyridine rings is 1. The number of hydrogen-bond acceptors (Lipinski definition) is 1. The molecular formula is C13H13BrN2O. The molecular weight excluding hydrogens is 281 g/mol. The molecule has 0 fully saturated rings. The number of hydrogen-bond donors (Lipinski definition) is 1. The molecule has 0 spiro atoms. The second kappa shape index (κ2) is 6.15. The van der Waals surface area contributed by atoms with Gasteiger partial charge in [-0.25, -0.2) is 0 Å². The quantitative estimate of drug-likeness (QED) is 0.662. The van der Waals surface area contributed by atoms with Crippen molar-refractivity contribution < 1.29 is 26.3 Å². The first-order valence-electron chi connectivity index (χ1n) is 5.08. The minimum absolute atomic E-state index is 0. The monoisotopic (exact) mass is 293 g/mol. The van der Waals surface area contributed by atoms with E-state index in [2.05, 4.69) is 0 Å². The highest BCUT2D eigenvalue weighted by Gasteiger charge is 2.07. The Balaban J connectivity index is 0.00000144. The van der Waals surface area contributed by atoms with Gasteiger partial charge >= 0.3 is 0 Å². The Kier molecular flexibility index (Phi) is 4.84. The van der Waals surface area contributed by atoms with Gasteiger partial charge in [-0.1, -0.05) is 30.3 Å². The minimum atomic E-state index is -0.401. The molecule has 1 aromatic heterocycles. The van der Waals surface area contributed by atoms with Crippen molar-refractivity contribution in [2.45, 2.75) is 6.54 Å². The lowest BCUT2D eigenvalue weighted by atomic mass is 10.2. The van der Waals surface area contributed by atoms with Gasteiger partial charge in [0.1, 0.15) is 5.56 Å². The van der Waals surface area contributed by atoms with Crippen LogP contribution < -0.4 is 27.3 Å². The molecule has 0 aliphatic rings. The summed E-state index contributed by atoms with van der Waals surface area (Å²) in [5, 5.41) is 0. The number of primary amides is 1. The zero-order chi connectivity index (χ0) is 11.4. The molecule has 17 heavy (non-hydrogen) atoms. The summed E-state index contributed by atoms with van der Waals surface area (Å²) in [6.45, 7) is 0.738. The average Bonchev–Trinajstić information content (AvgIpc) is 2.30. The third-order valence-electron chi connectivity index (χ3n) is 2.35. The van der Waals surface area contributed by atoms with Crippen molar-refractivity contribution >= 4 is 5.91 Å². The summed E-state index contributed by atoms with van der Waals surface area (Å²) in [7, 11) is 0. The minimum Gasteiger partial charge on any atom is -1.00 e. The average molecular weight is 294 g/mol. The van der Waals surface area contributed by atoms with Crippen LogP contribution >= 0.6 is 0 Å². The van der Waals surface area contributed by atoms with Crippen LogP contribution in [0.15, 0.2) is 54.9 Å². The van der Waals surface area contributed by atoms with Crippen LogP contribution in [0, 0.1) is 0 Å². The van der Waals surface area contributed by atoms with Crippen molar-refractivity contribution in [2.75, 3.05) is 0 Å². The number of aromatic nitrogens is 1. The number of benzene rings is 1. The van der Waals surface area contributed by atoms with Gasteiger partial charge in [-0.15, -0.1) is 0 Å². The standard InChI is InChI=1S/C13H12N2O.BrH/c14-13(16)12-7-4-8-15(10-12)9-11-5-2-1-3-6-11;/h1-8,10H,9H2,(H-,14,16);1H/i15+1;. The molecule has 1 heterocycles. The van der Waals surface area contributed by atoms with E-state index in [-0.39, 0.29) is 17.0 Å². The third-order valence-corrected chi connectivity index (χ3v) is 2.35. The molecule has 0 atom stereocenters. The molecule has 3 nitrogen and oxygen atoms in total. The van der Waals surface area contributed by atoms with E-state index in [1.807, 2.05) is 47.2 Å². The van der Waals surface area contributed by atoms with Crippen LogP contribution in [0.2, 0.25) is 0 Å². The second-order valence-corrected chi connectivity index (χ2v) is 3.61. The summed E-state index contributed by atoms with van der Waals surface area (Å²) in [5.74, 6) is -0.401. The predicted molar refractivity (Wildman–Crippen MR) is 60.7 cm³/mol. The normalized spacial score (nSPS) is 9.41. The summed E-state index contributed by atoms with van der Waals surface area (Å²) in [4.78, 5) is 11.0. The molecule has 0 saturated heterocycles. The summed E-state index contributed by atoms with van der Waals surface area (Å²) in [5.41, 5.74) is 6.94. The Labute approximate surface area is 111 Å². The van der Waals surface area contributed by atoms with Crippen molar-refractivity contribution in [1.29, 1.82) is 0 Å². The van der Waals surface area contributed by atoms with Gasteiger partial charge in [-0.05, 0) is 6.07 Å². The number of carbonyl (C=O) groups is 1. The third kappa shape index (κ3) is 3.67. The molecule has 1 amide bonds. The van der Waals surface area contributed by atoms with E-state index < -0.39 is 5.91 Å². The van der Waals surface area contributed by atoms with Crippen LogP contribution in [0.4, 0.5) is 0 Å². The van der Waals surface area contributed by atoms with Crippen LogP contribution in [0.5, 0.6) is 0 Å². The van der Waals surface area contributed by atoms with E-state index in [0.717, 1.165) is 6.54 Å². The van der Waals surface area contributed by atoms with Gasteiger partial charge in [0.25, 0.3) is 5.91 Å². The number of amides is 1. The number of halogens is 1. The van der Waals surface area contributed by atoms with Crippen molar-refractivity contribution in [2.24, 2.45) is 5.73 Å². The Morgan fingerprint density at radius 2 is 1.82 bits per heavy atom. The number of carbonyl (C=O) groups excluding carboxylic acids is 1. The predicted octanol–water partition coefficient (Wildman–Crippen LogP) is -1.87. The molecule has 0 unspecified atom stereocenters. The molecule has 0 aliphatic heterocycles. The summed E-state index contributed by atoms with van der Waals surface area (Å²) in [6, 6.07) is 13.6. The van der Waals surface area contributed by atoms with Crippen molar-refractivity contribution in [3.05, 3.63) is 66.0 Å². The molecule has 2 aromatic rings. The van der Waals surface area contributed by atoms with Crippen molar-refractivity contribution in [3.63, 3.8) is 0 Å². The van der Waals surface area contributed by atoms with Crippen LogP contribution in [-0.4, -0.2) is 5.91 Å². The molecule has 1 aromatic carbocycles. The summed E-state index contributed by atoms with van der Waals surface area (Å²) < 4.78 is 1.94. The van der Waals surface area contributed by atoms with Gasteiger partial charge in [-0.2, -0.15) is 4.57 Å². The highest BCUT2D eigenvalue weighted by atomic mass is 79.9. The van der Waals surface area contributed by atoms with Crippen molar-refractivity contribution in [1.82, 2.24) is 0 Å². The van der Waals surface area contributed by atoms with Crippen LogP contribution in [0.1, 0.15) is 15.9 Å². The van der Waals surface area contributed by atoms with E-state index >= 15 is 0 Å². The van der Waals surface area contributed by atoms with E-state index in [9.17, 15) is 4.79 Å². The molecule has 88 valence electrons. The lowest BCUT2D eigenvalue weighted by Gasteiger charge is -1.98. The SMILES string of the molecule is NC(=O)c1ccc[15n+](Cc2ccccc2)c1.[Br-]. The summed E-state index contributed by atoms with van der Waals surface area (Å²) in [6.07, 6.45) is 3.68. The Hall–Kier alpha value is -1.68. The van der Waals surface area contributed by atoms with Crippen LogP contribution in [0.25, 0.3) is 0 Å². The lowest BCUT2D eigenvalue weighted by Crippen LogP contribution is -3.00. The molecule has 0 radical (unpaired) electrons. The van der Waals surface area contributed by atoms with Gasteiger partial charge in [0.2, 0.25) is 0 Å². The van der Waals surface area contributed by atoms with Gasteiger partial charge in [-0.3, -0.25) is 4.79 Å². The number of rotatable bonds is 3. The molecule has 0 aliphatic carbocycles. The highest BCUT2D eigenvalue weighted by molar-refractivity contribution is 5.92.